The highest BCUT2D eigenvalue weighted by Crippen LogP contribution is 2.34. The van der Waals surface area contributed by atoms with Gasteiger partial charge in [-0.15, -0.1) is 0 Å². The summed E-state index contributed by atoms with van der Waals surface area (Å²) in [5.41, 5.74) is 3.06. The number of carbonyl (C=O) groups excluding carboxylic acids is 1. The van der Waals surface area contributed by atoms with E-state index in [9.17, 15) is 4.79 Å². The molecule has 1 aromatic heterocycles. The molecule has 124 valence electrons. The summed E-state index contributed by atoms with van der Waals surface area (Å²) in [6.07, 6.45) is 0. The number of para-hydroxylation sites is 1. The number of aromatic nitrogens is 1. The number of hydrogen-bond acceptors (Lipinski definition) is 2. The average molecular weight is 394 g/mol. The molecule has 1 N–H and O–H groups in total. The maximum atomic E-state index is 13.5. The number of ether oxygens (including phenoxy) is 1. The molecule has 0 aliphatic rings. The second kappa shape index (κ2) is 6.05. The third kappa shape index (κ3) is 2.45. The van der Waals surface area contributed by atoms with Crippen LogP contribution in [0.5, 0.6) is 5.75 Å². The zero-order valence-corrected chi connectivity index (χ0v) is 15.5. The van der Waals surface area contributed by atoms with Gasteiger partial charge >= 0.3 is 0 Å². The second-order valence-corrected chi connectivity index (χ2v) is 6.83. The Morgan fingerprint density at radius 1 is 0.960 bits per heavy atom. The molecule has 0 atom stereocenters. The molecule has 4 rings (SSSR count). The first kappa shape index (κ1) is 15.9. The number of methoxy groups -OCH3 is 1. The summed E-state index contributed by atoms with van der Waals surface area (Å²) in [6.45, 7) is 1.92. The molecule has 0 radical (unpaired) electrons. The van der Waals surface area contributed by atoms with Crippen LogP contribution in [0.1, 0.15) is 21.6 Å². The number of H-pyrrole nitrogens is 1. The number of ketones is 1. The Morgan fingerprint density at radius 3 is 2.52 bits per heavy atom. The monoisotopic (exact) mass is 393 g/mol. The van der Waals surface area contributed by atoms with Crippen LogP contribution in [-0.4, -0.2) is 17.9 Å². The van der Waals surface area contributed by atoms with Gasteiger partial charge in [0, 0.05) is 21.1 Å². The third-order valence-corrected chi connectivity index (χ3v) is 5.20. The SMILES string of the molecule is COc1cccc2c(C(=O)c3c(Br)ccc4ccccc34)c(C)[nH]c12. The summed E-state index contributed by atoms with van der Waals surface area (Å²) in [7, 11) is 1.63. The minimum atomic E-state index is 0.000628. The Hall–Kier alpha value is -2.59. The topological polar surface area (TPSA) is 42.1 Å². The van der Waals surface area contributed by atoms with Crippen LogP contribution < -0.4 is 4.74 Å². The summed E-state index contributed by atoms with van der Waals surface area (Å²) in [4.78, 5) is 16.8. The van der Waals surface area contributed by atoms with E-state index in [1.165, 1.54) is 0 Å². The average Bonchev–Trinajstić information content (AvgIpc) is 2.97. The molecule has 0 unspecified atom stereocenters. The van der Waals surface area contributed by atoms with Crippen LogP contribution in [0.3, 0.4) is 0 Å². The van der Waals surface area contributed by atoms with Gasteiger partial charge in [0.05, 0.1) is 18.2 Å². The molecule has 0 bridgehead atoms. The van der Waals surface area contributed by atoms with Crippen molar-refractivity contribution < 1.29 is 9.53 Å². The zero-order valence-electron chi connectivity index (χ0n) is 13.9. The van der Waals surface area contributed by atoms with Crippen LogP contribution in [0.4, 0.5) is 0 Å². The number of benzene rings is 3. The van der Waals surface area contributed by atoms with Gasteiger partial charge in [0.15, 0.2) is 5.78 Å². The van der Waals surface area contributed by atoms with Crippen LogP contribution >= 0.6 is 15.9 Å². The highest BCUT2D eigenvalue weighted by atomic mass is 79.9. The lowest BCUT2D eigenvalue weighted by Crippen LogP contribution is -2.04. The number of hydrogen-bond donors (Lipinski definition) is 1. The largest absolute Gasteiger partial charge is 0.495 e. The van der Waals surface area contributed by atoms with E-state index in [0.29, 0.717) is 11.1 Å². The first-order chi connectivity index (χ1) is 12.1. The first-order valence-electron chi connectivity index (χ1n) is 7.99. The van der Waals surface area contributed by atoms with Crippen LogP contribution in [0.2, 0.25) is 0 Å². The van der Waals surface area contributed by atoms with Crippen molar-refractivity contribution in [2.24, 2.45) is 0 Å². The van der Waals surface area contributed by atoms with Gasteiger partial charge in [-0.2, -0.15) is 0 Å². The van der Waals surface area contributed by atoms with Crippen molar-refractivity contribution >= 4 is 43.4 Å². The van der Waals surface area contributed by atoms with E-state index in [0.717, 1.165) is 37.6 Å². The van der Waals surface area contributed by atoms with Gasteiger partial charge < -0.3 is 9.72 Å². The molecular weight excluding hydrogens is 378 g/mol. The van der Waals surface area contributed by atoms with Gasteiger partial charge in [0.25, 0.3) is 0 Å². The first-order valence-corrected chi connectivity index (χ1v) is 8.78. The predicted octanol–water partition coefficient (Wildman–Crippen LogP) is 5.63. The van der Waals surface area contributed by atoms with Crippen molar-refractivity contribution in [1.29, 1.82) is 0 Å². The van der Waals surface area contributed by atoms with E-state index in [-0.39, 0.29) is 5.78 Å². The Balaban J connectivity index is 2.01. The molecule has 0 aliphatic carbocycles. The molecule has 4 aromatic rings. The minimum absolute atomic E-state index is 0.000628. The molecule has 3 nitrogen and oxygen atoms in total. The molecule has 3 aromatic carbocycles. The highest BCUT2D eigenvalue weighted by Gasteiger charge is 2.22. The fraction of sp³-hybridized carbons (Fsp3) is 0.0952. The molecule has 1 heterocycles. The summed E-state index contributed by atoms with van der Waals surface area (Å²) < 4.78 is 6.22. The van der Waals surface area contributed by atoms with Gasteiger partial charge in [-0.25, -0.2) is 0 Å². The predicted molar refractivity (Wildman–Crippen MR) is 105 cm³/mol. The van der Waals surface area contributed by atoms with Gasteiger partial charge in [-0.1, -0.05) is 58.4 Å². The second-order valence-electron chi connectivity index (χ2n) is 5.98. The van der Waals surface area contributed by atoms with Gasteiger partial charge in [-0.3, -0.25) is 4.79 Å². The van der Waals surface area contributed by atoms with Crippen molar-refractivity contribution in [3.63, 3.8) is 0 Å². The Morgan fingerprint density at radius 2 is 1.72 bits per heavy atom. The third-order valence-electron chi connectivity index (χ3n) is 4.54. The van der Waals surface area contributed by atoms with Crippen LogP contribution in [-0.2, 0) is 0 Å². The number of aromatic amines is 1. The highest BCUT2D eigenvalue weighted by molar-refractivity contribution is 9.10. The van der Waals surface area contributed by atoms with E-state index < -0.39 is 0 Å². The minimum Gasteiger partial charge on any atom is -0.495 e. The fourth-order valence-electron chi connectivity index (χ4n) is 3.38. The van der Waals surface area contributed by atoms with Crippen molar-refractivity contribution in [3.8, 4) is 5.75 Å². The van der Waals surface area contributed by atoms with Gasteiger partial charge in [0.2, 0.25) is 0 Å². The molecule has 0 saturated heterocycles. The van der Waals surface area contributed by atoms with Crippen LogP contribution in [0.15, 0.2) is 59.1 Å². The standard InChI is InChI=1S/C21H16BrNO2/c1-12-18(15-8-5-9-17(25-2)20(15)23-12)21(24)19-14-7-4-3-6-13(14)10-11-16(19)22/h3-11,23H,1-2H3. The number of rotatable bonds is 3. The molecule has 0 aliphatic heterocycles. The van der Waals surface area contributed by atoms with Crippen molar-refractivity contribution in [3.05, 3.63) is 75.9 Å². The molecule has 0 amide bonds. The summed E-state index contributed by atoms with van der Waals surface area (Å²) in [6, 6.07) is 17.6. The van der Waals surface area contributed by atoms with Crippen molar-refractivity contribution in [2.75, 3.05) is 7.11 Å². The Kier molecular flexibility index (Phi) is 3.85. The summed E-state index contributed by atoms with van der Waals surface area (Å²) in [5.74, 6) is 0.734. The van der Waals surface area contributed by atoms with E-state index in [4.69, 9.17) is 4.74 Å². The maximum absolute atomic E-state index is 13.5. The van der Waals surface area contributed by atoms with Crippen LogP contribution in [0, 0.1) is 6.92 Å². The quantitative estimate of drug-likeness (QED) is 0.458. The Labute approximate surface area is 153 Å². The van der Waals surface area contributed by atoms with E-state index in [2.05, 4.69) is 20.9 Å². The molecule has 0 fully saturated rings. The molecular formula is C21H16BrNO2. The smallest absolute Gasteiger partial charge is 0.197 e. The molecule has 4 heteroatoms. The summed E-state index contributed by atoms with van der Waals surface area (Å²) >= 11 is 3.56. The van der Waals surface area contributed by atoms with E-state index in [1.807, 2.05) is 61.5 Å². The van der Waals surface area contributed by atoms with Gasteiger partial charge in [-0.05, 0) is 29.8 Å². The number of carbonyl (C=O) groups is 1. The number of nitrogens with one attached hydrogen (secondary N) is 1. The number of halogens is 1. The fourth-order valence-corrected chi connectivity index (χ4v) is 3.91. The normalized spacial score (nSPS) is 11.2. The number of fused-ring (bicyclic) bond motifs is 2. The number of aryl methyl sites for hydroxylation is 1. The lowest BCUT2D eigenvalue weighted by molar-refractivity contribution is 0.104. The van der Waals surface area contributed by atoms with E-state index >= 15 is 0 Å². The molecule has 0 saturated carbocycles. The lowest BCUT2D eigenvalue weighted by atomic mass is 9.95. The van der Waals surface area contributed by atoms with Crippen molar-refractivity contribution in [2.45, 2.75) is 6.92 Å². The molecule has 25 heavy (non-hydrogen) atoms. The van der Waals surface area contributed by atoms with Crippen LogP contribution in [0.25, 0.3) is 21.7 Å². The van der Waals surface area contributed by atoms with Crippen molar-refractivity contribution in [1.82, 2.24) is 4.98 Å². The lowest BCUT2D eigenvalue weighted by Gasteiger charge is -2.09. The zero-order chi connectivity index (χ0) is 17.6. The Bertz CT molecular complexity index is 1130. The molecule has 0 spiro atoms. The maximum Gasteiger partial charge on any atom is 0.197 e. The summed E-state index contributed by atoms with van der Waals surface area (Å²) in [5, 5.41) is 2.87. The van der Waals surface area contributed by atoms with Gasteiger partial charge in [0.1, 0.15) is 5.75 Å². The van der Waals surface area contributed by atoms with E-state index in [1.54, 1.807) is 7.11 Å².